The molecule has 1 unspecified atom stereocenters. The molecule has 0 aliphatic carbocycles. The van der Waals surface area contributed by atoms with E-state index in [1.165, 1.54) is 16.4 Å². The van der Waals surface area contributed by atoms with Crippen LogP contribution in [0.5, 0.6) is 0 Å². The van der Waals surface area contributed by atoms with E-state index < -0.39 is 15.8 Å². The van der Waals surface area contributed by atoms with E-state index in [2.05, 4.69) is 23.8 Å². The van der Waals surface area contributed by atoms with Crippen LogP contribution in [0.2, 0.25) is 0 Å². The maximum Gasteiger partial charge on any atom is 0.256 e. The van der Waals surface area contributed by atoms with Gasteiger partial charge in [0, 0.05) is 32.2 Å². The molecule has 0 bridgehead atoms. The Hall–Kier alpha value is -2.91. The van der Waals surface area contributed by atoms with Crippen LogP contribution in [-0.4, -0.2) is 59.7 Å². The maximum absolute atomic E-state index is 14.2. The zero-order valence-corrected chi connectivity index (χ0v) is 20.7. The molecule has 1 aliphatic rings. The fraction of sp³-hybridized carbons (Fsp3) is 0.400. The number of hydrogen-bond acceptors (Lipinski definition) is 5. The summed E-state index contributed by atoms with van der Waals surface area (Å²) in [5.41, 5.74) is 3.27. The van der Waals surface area contributed by atoms with Crippen LogP contribution in [0.3, 0.4) is 0 Å². The number of piperazine rings is 1. The molecule has 1 saturated heterocycles. The highest BCUT2D eigenvalue weighted by Gasteiger charge is 2.31. The van der Waals surface area contributed by atoms with Crippen molar-refractivity contribution in [1.29, 1.82) is 0 Å². The van der Waals surface area contributed by atoms with Crippen molar-refractivity contribution in [1.82, 2.24) is 19.2 Å². The van der Waals surface area contributed by atoms with Gasteiger partial charge in [-0.25, -0.2) is 22.8 Å². The standard InChI is InChI=1S/C25H29FN4O3S/c1-5-16(2)19-6-8-21(9-7-19)34(32,33)30-12-10-29(11-13-30)25(31)22-14-20(26)15-23-24(22)28-18(4)17(3)27-23/h6-9,14-16H,5,10-13H2,1-4H3. The summed E-state index contributed by atoms with van der Waals surface area (Å²) in [6.07, 6.45) is 0.980. The van der Waals surface area contributed by atoms with E-state index in [9.17, 15) is 17.6 Å². The molecular formula is C25H29FN4O3S. The first-order valence-corrected chi connectivity index (χ1v) is 12.9. The number of aryl methyl sites for hydroxylation is 2. The fourth-order valence-electron chi connectivity index (χ4n) is 4.12. The molecule has 1 atom stereocenters. The van der Waals surface area contributed by atoms with Gasteiger partial charge in [0.05, 0.1) is 27.4 Å². The topological polar surface area (TPSA) is 83.5 Å². The third kappa shape index (κ3) is 4.54. The minimum absolute atomic E-state index is 0.141. The highest BCUT2D eigenvalue weighted by Crippen LogP contribution is 2.25. The van der Waals surface area contributed by atoms with Crippen molar-refractivity contribution in [2.24, 2.45) is 0 Å². The smallest absolute Gasteiger partial charge is 0.256 e. The summed E-state index contributed by atoms with van der Waals surface area (Å²) in [7, 11) is -3.66. The number of hydrogen-bond donors (Lipinski definition) is 0. The van der Waals surface area contributed by atoms with Crippen LogP contribution in [0.1, 0.15) is 53.5 Å². The zero-order chi connectivity index (χ0) is 24.6. The van der Waals surface area contributed by atoms with Gasteiger partial charge in [0.2, 0.25) is 10.0 Å². The number of amides is 1. The minimum atomic E-state index is -3.66. The van der Waals surface area contributed by atoms with Crippen molar-refractivity contribution in [3.8, 4) is 0 Å². The predicted octanol–water partition coefficient (Wildman–Crippen LogP) is 4.05. The number of benzene rings is 2. The van der Waals surface area contributed by atoms with Gasteiger partial charge in [-0.15, -0.1) is 0 Å². The van der Waals surface area contributed by atoms with Gasteiger partial charge in [0.25, 0.3) is 5.91 Å². The second kappa shape index (κ2) is 9.38. The van der Waals surface area contributed by atoms with E-state index in [4.69, 9.17) is 0 Å². The molecule has 2 aromatic carbocycles. The summed E-state index contributed by atoms with van der Waals surface area (Å²) < 4.78 is 41.9. The van der Waals surface area contributed by atoms with E-state index in [-0.39, 0.29) is 42.5 Å². The minimum Gasteiger partial charge on any atom is -0.336 e. The quantitative estimate of drug-likeness (QED) is 0.546. The Morgan fingerprint density at radius 2 is 1.65 bits per heavy atom. The highest BCUT2D eigenvalue weighted by atomic mass is 32.2. The predicted molar refractivity (Wildman–Crippen MR) is 129 cm³/mol. The summed E-state index contributed by atoms with van der Waals surface area (Å²) in [4.78, 5) is 23.9. The molecule has 180 valence electrons. The van der Waals surface area contributed by atoms with Gasteiger partial charge in [-0.05, 0) is 49.9 Å². The first kappa shape index (κ1) is 24.2. The van der Waals surface area contributed by atoms with Gasteiger partial charge in [-0.2, -0.15) is 4.31 Å². The van der Waals surface area contributed by atoms with E-state index in [1.807, 2.05) is 12.1 Å². The zero-order valence-electron chi connectivity index (χ0n) is 19.9. The molecule has 1 aliphatic heterocycles. The van der Waals surface area contributed by atoms with Crippen LogP contribution in [0, 0.1) is 19.7 Å². The summed E-state index contributed by atoms with van der Waals surface area (Å²) in [6.45, 7) is 8.52. The molecule has 3 aromatic rings. The number of carbonyl (C=O) groups is 1. The SMILES string of the molecule is CCC(C)c1ccc(S(=O)(=O)N2CCN(C(=O)c3cc(F)cc4nc(C)c(C)nc34)CC2)cc1. The number of halogens is 1. The molecule has 0 spiro atoms. The number of rotatable bonds is 5. The van der Waals surface area contributed by atoms with Crippen LogP contribution in [-0.2, 0) is 10.0 Å². The van der Waals surface area contributed by atoms with E-state index in [0.29, 0.717) is 28.3 Å². The van der Waals surface area contributed by atoms with E-state index in [0.717, 1.165) is 12.0 Å². The summed E-state index contributed by atoms with van der Waals surface area (Å²) in [6, 6.07) is 9.46. The number of carbonyl (C=O) groups excluding carboxylic acids is 1. The molecule has 2 heterocycles. The van der Waals surface area contributed by atoms with Gasteiger partial charge < -0.3 is 4.90 Å². The molecule has 0 radical (unpaired) electrons. The fourth-order valence-corrected chi connectivity index (χ4v) is 5.54. The van der Waals surface area contributed by atoms with Crippen LogP contribution >= 0.6 is 0 Å². The summed E-state index contributed by atoms with van der Waals surface area (Å²) >= 11 is 0. The first-order valence-electron chi connectivity index (χ1n) is 11.5. The second-order valence-corrected chi connectivity index (χ2v) is 10.7. The van der Waals surface area contributed by atoms with Crippen molar-refractivity contribution < 1.29 is 17.6 Å². The van der Waals surface area contributed by atoms with Crippen molar-refractivity contribution >= 4 is 27.0 Å². The average Bonchev–Trinajstić information content (AvgIpc) is 2.84. The Morgan fingerprint density at radius 3 is 2.26 bits per heavy atom. The van der Waals surface area contributed by atoms with Gasteiger partial charge in [0.15, 0.2) is 0 Å². The van der Waals surface area contributed by atoms with Gasteiger partial charge in [0.1, 0.15) is 11.3 Å². The molecule has 34 heavy (non-hydrogen) atoms. The van der Waals surface area contributed by atoms with Crippen LogP contribution in [0.25, 0.3) is 11.0 Å². The molecule has 1 fully saturated rings. The highest BCUT2D eigenvalue weighted by molar-refractivity contribution is 7.89. The third-order valence-electron chi connectivity index (χ3n) is 6.60. The van der Waals surface area contributed by atoms with Crippen LogP contribution < -0.4 is 0 Å². The van der Waals surface area contributed by atoms with Crippen molar-refractivity contribution in [3.05, 3.63) is 64.7 Å². The molecule has 7 nitrogen and oxygen atoms in total. The Bertz CT molecular complexity index is 1330. The van der Waals surface area contributed by atoms with Gasteiger partial charge in [-0.1, -0.05) is 26.0 Å². The van der Waals surface area contributed by atoms with Crippen LogP contribution in [0.15, 0.2) is 41.3 Å². The normalized spacial score (nSPS) is 16.1. The molecule has 0 saturated carbocycles. The maximum atomic E-state index is 14.2. The van der Waals surface area contributed by atoms with E-state index in [1.54, 1.807) is 30.9 Å². The Balaban J connectivity index is 1.52. The molecule has 1 amide bonds. The van der Waals surface area contributed by atoms with Gasteiger partial charge >= 0.3 is 0 Å². The molecule has 0 N–H and O–H groups in total. The number of aromatic nitrogens is 2. The Labute approximate surface area is 199 Å². The summed E-state index contributed by atoms with van der Waals surface area (Å²) in [5.74, 6) is -0.574. The average molecular weight is 485 g/mol. The third-order valence-corrected chi connectivity index (χ3v) is 8.51. The lowest BCUT2D eigenvalue weighted by Gasteiger charge is -2.34. The molecule has 9 heteroatoms. The number of fused-ring (bicyclic) bond motifs is 1. The Kier molecular flexibility index (Phi) is 6.69. The summed E-state index contributed by atoms with van der Waals surface area (Å²) in [5, 5.41) is 0. The number of nitrogens with zero attached hydrogens (tertiary/aromatic N) is 4. The van der Waals surface area contributed by atoms with Crippen LogP contribution in [0.4, 0.5) is 4.39 Å². The van der Waals surface area contributed by atoms with Crippen molar-refractivity contribution in [2.45, 2.75) is 44.9 Å². The first-order chi connectivity index (χ1) is 16.1. The largest absolute Gasteiger partial charge is 0.336 e. The van der Waals surface area contributed by atoms with Crippen molar-refractivity contribution in [3.63, 3.8) is 0 Å². The van der Waals surface area contributed by atoms with E-state index >= 15 is 0 Å². The lowest BCUT2D eigenvalue weighted by atomic mass is 9.99. The van der Waals surface area contributed by atoms with Gasteiger partial charge in [-0.3, -0.25) is 4.79 Å². The number of sulfonamides is 1. The molecular weight excluding hydrogens is 455 g/mol. The molecule has 1 aromatic heterocycles. The Morgan fingerprint density at radius 1 is 1.03 bits per heavy atom. The van der Waals surface area contributed by atoms with Crippen molar-refractivity contribution in [2.75, 3.05) is 26.2 Å². The monoisotopic (exact) mass is 484 g/mol. The second-order valence-electron chi connectivity index (χ2n) is 8.79. The lowest BCUT2D eigenvalue weighted by molar-refractivity contribution is 0.0699. The lowest BCUT2D eigenvalue weighted by Crippen LogP contribution is -2.50. The molecule has 4 rings (SSSR count).